The summed E-state index contributed by atoms with van der Waals surface area (Å²) < 4.78 is 0. The average Bonchev–Trinajstić information content (AvgIpc) is 2.25. The Morgan fingerprint density at radius 1 is 1.19 bits per heavy atom. The van der Waals surface area contributed by atoms with Gasteiger partial charge in [0.1, 0.15) is 6.04 Å². The predicted octanol–water partition coefficient (Wildman–Crippen LogP) is 1.29. The molecule has 1 saturated heterocycles. The van der Waals surface area contributed by atoms with Gasteiger partial charge in [-0.3, -0.25) is 0 Å². The Labute approximate surface area is 95.8 Å². The van der Waals surface area contributed by atoms with Crippen LogP contribution in [0.5, 0.6) is 0 Å². The molecule has 1 atom stereocenters. The molecule has 0 saturated carbocycles. The quantitative estimate of drug-likeness (QED) is 0.764. The molecule has 1 aliphatic rings. The van der Waals surface area contributed by atoms with Crippen LogP contribution in [0.1, 0.15) is 33.1 Å². The summed E-state index contributed by atoms with van der Waals surface area (Å²) in [6.07, 6.45) is 3.16. The zero-order chi connectivity index (χ0) is 12.1. The zero-order valence-corrected chi connectivity index (χ0v) is 9.90. The molecule has 1 fully saturated rings. The number of rotatable bonds is 3. The minimum absolute atomic E-state index is 0.105. The van der Waals surface area contributed by atoms with Crippen molar-refractivity contribution >= 4 is 12.0 Å². The number of piperidine rings is 1. The van der Waals surface area contributed by atoms with Crippen LogP contribution in [0.2, 0.25) is 0 Å². The number of carbonyl (C=O) groups is 2. The number of carboxylic acid groups (broad SMARTS) is 1. The molecule has 1 aliphatic heterocycles. The van der Waals surface area contributed by atoms with Crippen molar-refractivity contribution in [3.8, 4) is 0 Å². The fraction of sp³-hybridized carbons (Fsp3) is 0.818. The van der Waals surface area contributed by atoms with Gasteiger partial charge in [0.2, 0.25) is 0 Å². The maximum Gasteiger partial charge on any atom is 0.326 e. The third-order valence-electron chi connectivity index (χ3n) is 2.85. The van der Waals surface area contributed by atoms with E-state index in [-0.39, 0.29) is 11.9 Å². The van der Waals surface area contributed by atoms with Crippen molar-refractivity contribution in [1.29, 1.82) is 0 Å². The highest BCUT2D eigenvalue weighted by Crippen LogP contribution is 2.10. The molecule has 0 bridgehead atoms. The van der Waals surface area contributed by atoms with E-state index in [4.69, 9.17) is 5.11 Å². The molecule has 0 spiro atoms. The van der Waals surface area contributed by atoms with Crippen molar-refractivity contribution in [3.05, 3.63) is 0 Å². The lowest BCUT2D eigenvalue weighted by atomic mass is 10.1. The Morgan fingerprint density at radius 3 is 2.19 bits per heavy atom. The number of nitrogens with zero attached hydrogens (tertiary/aromatic N) is 1. The first kappa shape index (κ1) is 12.8. The number of likely N-dealkylation sites (tertiary alicyclic amines) is 1. The molecule has 0 unspecified atom stereocenters. The second-order valence-corrected chi connectivity index (χ2v) is 4.56. The van der Waals surface area contributed by atoms with Crippen LogP contribution < -0.4 is 5.32 Å². The number of carboxylic acids is 1. The first-order valence-corrected chi connectivity index (χ1v) is 5.80. The molecule has 0 aromatic heterocycles. The number of amides is 2. The highest BCUT2D eigenvalue weighted by molar-refractivity contribution is 5.82. The largest absolute Gasteiger partial charge is 0.480 e. The van der Waals surface area contributed by atoms with Gasteiger partial charge in [-0.2, -0.15) is 0 Å². The lowest BCUT2D eigenvalue weighted by molar-refractivity contribution is -0.140. The van der Waals surface area contributed by atoms with Crippen LogP contribution in [0.15, 0.2) is 0 Å². The molecule has 92 valence electrons. The molecule has 16 heavy (non-hydrogen) atoms. The second-order valence-electron chi connectivity index (χ2n) is 4.56. The number of hydrogen-bond donors (Lipinski definition) is 2. The van der Waals surface area contributed by atoms with E-state index < -0.39 is 12.0 Å². The highest BCUT2D eigenvalue weighted by atomic mass is 16.4. The van der Waals surface area contributed by atoms with Crippen LogP contribution in [-0.2, 0) is 4.79 Å². The van der Waals surface area contributed by atoms with Crippen molar-refractivity contribution in [2.75, 3.05) is 13.1 Å². The third kappa shape index (κ3) is 3.40. The lowest BCUT2D eigenvalue weighted by Crippen LogP contribution is -2.51. The van der Waals surface area contributed by atoms with Gasteiger partial charge in [0.25, 0.3) is 0 Å². The molecule has 2 amide bonds. The summed E-state index contributed by atoms with van der Waals surface area (Å²) in [6.45, 7) is 5.04. The Bertz CT molecular complexity index is 260. The van der Waals surface area contributed by atoms with Crippen LogP contribution in [0.4, 0.5) is 4.79 Å². The summed E-state index contributed by atoms with van der Waals surface area (Å²) in [4.78, 5) is 24.4. The van der Waals surface area contributed by atoms with Crippen LogP contribution in [0.3, 0.4) is 0 Å². The van der Waals surface area contributed by atoms with E-state index in [0.717, 1.165) is 32.4 Å². The third-order valence-corrected chi connectivity index (χ3v) is 2.85. The molecule has 1 rings (SSSR count). The van der Waals surface area contributed by atoms with Gasteiger partial charge in [-0.15, -0.1) is 0 Å². The molecule has 0 aromatic rings. The SMILES string of the molecule is CC(C)[C@@H](NC(=O)N1CCCCC1)C(=O)O. The standard InChI is InChI=1S/C11H20N2O3/c1-8(2)9(10(14)15)12-11(16)13-6-4-3-5-7-13/h8-9H,3-7H2,1-2H3,(H,12,16)(H,14,15)/t9-/m1/s1. The van der Waals surface area contributed by atoms with E-state index in [9.17, 15) is 9.59 Å². The first-order chi connectivity index (χ1) is 7.52. The smallest absolute Gasteiger partial charge is 0.326 e. The van der Waals surface area contributed by atoms with Crippen molar-refractivity contribution < 1.29 is 14.7 Å². The highest BCUT2D eigenvalue weighted by Gasteiger charge is 2.26. The molecular weight excluding hydrogens is 208 g/mol. The Morgan fingerprint density at radius 2 is 1.75 bits per heavy atom. The van der Waals surface area contributed by atoms with E-state index in [1.807, 2.05) is 0 Å². The zero-order valence-electron chi connectivity index (χ0n) is 9.90. The van der Waals surface area contributed by atoms with Gasteiger partial charge in [0.05, 0.1) is 0 Å². The molecule has 0 radical (unpaired) electrons. The van der Waals surface area contributed by atoms with Gasteiger partial charge < -0.3 is 15.3 Å². The van der Waals surface area contributed by atoms with Crippen LogP contribution in [0.25, 0.3) is 0 Å². The Balaban J connectivity index is 2.50. The minimum Gasteiger partial charge on any atom is -0.480 e. The van der Waals surface area contributed by atoms with E-state index >= 15 is 0 Å². The summed E-state index contributed by atoms with van der Waals surface area (Å²) in [5.41, 5.74) is 0. The second kappa shape index (κ2) is 5.72. The fourth-order valence-electron chi connectivity index (χ4n) is 1.83. The van der Waals surface area contributed by atoms with E-state index in [1.165, 1.54) is 0 Å². The molecule has 0 aliphatic carbocycles. The lowest BCUT2D eigenvalue weighted by Gasteiger charge is -2.29. The van der Waals surface area contributed by atoms with E-state index in [0.29, 0.717) is 0 Å². The van der Waals surface area contributed by atoms with Crippen molar-refractivity contribution in [1.82, 2.24) is 10.2 Å². The number of urea groups is 1. The molecular formula is C11H20N2O3. The first-order valence-electron chi connectivity index (χ1n) is 5.80. The predicted molar refractivity (Wildman–Crippen MR) is 60.2 cm³/mol. The van der Waals surface area contributed by atoms with E-state index in [1.54, 1.807) is 18.7 Å². The molecule has 1 heterocycles. The summed E-state index contributed by atoms with van der Waals surface area (Å²) in [6, 6.07) is -1.05. The van der Waals surface area contributed by atoms with Crippen LogP contribution in [-0.4, -0.2) is 41.1 Å². The van der Waals surface area contributed by atoms with Gasteiger partial charge in [-0.25, -0.2) is 9.59 Å². The van der Waals surface area contributed by atoms with Gasteiger partial charge in [-0.1, -0.05) is 13.8 Å². The van der Waals surface area contributed by atoms with Gasteiger partial charge in [-0.05, 0) is 25.2 Å². The summed E-state index contributed by atoms with van der Waals surface area (Å²) in [5, 5.41) is 11.5. The summed E-state index contributed by atoms with van der Waals surface area (Å²) in [5.74, 6) is -1.08. The number of carbonyl (C=O) groups excluding carboxylic acids is 1. The van der Waals surface area contributed by atoms with Crippen molar-refractivity contribution in [3.63, 3.8) is 0 Å². The molecule has 5 heteroatoms. The van der Waals surface area contributed by atoms with Crippen molar-refractivity contribution in [2.24, 2.45) is 5.92 Å². The van der Waals surface area contributed by atoms with Crippen LogP contribution in [0, 0.1) is 5.92 Å². The molecule has 5 nitrogen and oxygen atoms in total. The van der Waals surface area contributed by atoms with Gasteiger partial charge in [0, 0.05) is 13.1 Å². The van der Waals surface area contributed by atoms with E-state index in [2.05, 4.69) is 5.32 Å². The topological polar surface area (TPSA) is 69.6 Å². The number of nitrogens with one attached hydrogen (secondary N) is 1. The maximum absolute atomic E-state index is 11.8. The Kier molecular flexibility index (Phi) is 4.58. The summed E-state index contributed by atoms with van der Waals surface area (Å²) >= 11 is 0. The number of aliphatic carboxylic acids is 1. The monoisotopic (exact) mass is 228 g/mol. The molecule has 2 N–H and O–H groups in total. The van der Waals surface area contributed by atoms with Gasteiger partial charge >= 0.3 is 12.0 Å². The maximum atomic E-state index is 11.8. The fourth-order valence-corrected chi connectivity index (χ4v) is 1.83. The van der Waals surface area contributed by atoms with Crippen LogP contribution >= 0.6 is 0 Å². The Hall–Kier alpha value is -1.26. The number of hydrogen-bond acceptors (Lipinski definition) is 2. The molecule has 0 aromatic carbocycles. The average molecular weight is 228 g/mol. The van der Waals surface area contributed by atoms with Gasteiger partial charge in [0.15, 0.2) is 0 Å². The normalized spacial score (nSPS) is 18.3. The minimum atomic E-state index is -0.972. The summed E-state index contributed by atoms with van der Waals surface area (Å²) in [7, 11) is 0. The van der Waals surface area contributed by atoms with Crippen molar-refractivity contribution in [2.45, 2.75) is 39.2 Å².